The summed E-state index contributed by atoms with van der Waals surface area (Å²) < 4.78 is 4.83. The van der Waals surface area contributed by atoms with Gasteiger partial charge in [0.1, 0.15) is 0 Å². The van der Waals surface area contributed by atoms with Gasteiger partial charge in [-0.15, -0.1) is 0 Å². The predicted octanol–water partition coefficient (Wildman–Crippen LogP) is 0.808. The van der Waals surface area contributed by atoms with E-state index in [-0.39, 0.29) is 23.8 Å². The Kier molecular flexibility index (Phi) is 1.78. The van der Waals surface area contributed by atoms with Crippen molar-refractivity contribution in [2.24, 2.45) is 5.41 Å². The first kappa shape index (κ1) is 8.53. The number of hydrogen-bond acceptors (Lipinski definition) is 3. The zero-order valence-corrected chi connectivity index (χ0v) is 7.71. The van der Waals surface area contributed by atoms with Gasteiger partial charge in [-0.05, 0) is 19.8 Å². The third-order valence-electron chi connectivity index (χ3n) is 2.80. The molecule has 0 aromatic carbocycles. The van der Waals surface area contributed by atoms with Gasteiger partial charge in [-0.3, -0.25) is 9.69 Å². The number of carbonyl (C=O) groups excluding carboxylic acids is 2. The summed E-state index contributed by atoms with van der Waals surface area (Å²) >= 11 is 0. The van der Waals surface area contributed by atoms with Crippen molar-refractivity contribution in [1.29, 1.82) is 0 Å². The van der Waals surface area contributed by atoms with E-state index in [0.29, 0.717) is 13.2 Å². The summed E-state index contributed by atoms with van der Waals surface area (Å²) in [7, 11) is 0. The van der Waals surface area contributed by atoms with Gasteiger partial charge in [0.2, 0.25) is 0 Å². The molecule has 2 fully saturated rings. The van der Waals surface area contributed by atoms with Crippen LogP contribution in [0.25, 0.3) is 0 Å². The van der Waals surface area contributed by atoms with Crippen LogP contribution >= 0.6 is 0 Å². The van der Waals surface area contributed by atoms with Crippen LogP contribution in [0.3, 0.4) is 0 Å². The lowest BCUT2D eigenvalue weighted by atomic mass is 10.1. The van der Waals surface area contributed by atoms with Gasteiger partial charge in [0, 0.05) is 12.0 Å². The van der Waals surface area contributed by atoms with Gasteiger partial charge in [0.15, 0.2) is 5.78 Å². The molecule has 0 unspecified atom stereocenters. The van der Waals surface area contributed by atoms with E-state index in [1.54, 1.807) is 6.92 Å². The van der Waals surface area contributed by atoms with E-state index in [4.69, 9.17) is 4.74 Å². The van der Waals surface area contributed by atoms with E-state index in [0.717, 1.165) is 12.8 Å². The van der Waals surface area contributed by atoms with Crippen molar-refractivity contribution >= 4 is 11.9 Å². The fourth-order valence-corrected chi connectivity index (χ4v) is 1.78. The third kappa shape index (κ3) is 1.30. The fourth-order valence-electron chi connectivity index (χ4n) is 1.78. The van der Waals surface area contributed by atoms with E-state index in [1.807, 2.05) is 0 Å². The van der Waals surface area contributed by atoms with Crippen molar-refractivity contribution in [3.05, 3.63) is 0 Å². The number of likely N-dealkylation sites (tertiary alicyclic amines) is 1. The Morgan fingerprint density at radius 2 is 2.31 bits per heavy atom. The molecule has 0 radical (unpaired) electrons. The lowest BCUT2D eigenvalue weighted by Gasteiger charge is -2.13. The lowest BCUT2D eigenvalue weighted by Crippen LogP contribution is -2.29. The number of carbonyl (C=O) groups is 2. The first-order chi connectivity index (χ1) is 6.18. The Morgan fingerprint density at radius 3 is 2.77 bits per heavy atom. The Bertz CT molecular complexity index is 258. The molecule has 0 atom stereocenters. The zero-order chi connectivity index (χ0) is 9.47. The first-order valence-electron chi connectivity index (χ1n) is 4.63. The molecule has 1 saturated heterocycles. The molecule has 1 heterocycles. The van der Waals surface area contributed by atoms with Crippen LogP contribution in [0, 0.1) is 5.41 Å². The Hall–Kier alpha value is -1.06. The molecule has 13 heavy (non-hydrogen) atoms. The molecule has 2 aliphatic rings. The number of ketones is 1. The molecular weight excluding hydrogens is 170 g/mol. The molecule has 4 heteroatoms. The number of nitrogens with zero attached hydrogens (tertiary/aromatic N) is 1. The molecule has 4 nitrogen and oxygen atoms in total. The van der Waals surface area contributed by atoms with E-state index in [2.05, 4.69) is 0 Å². The molecule has 0 aromatic rings. The van der Waals surface area contributed by atoms with Crippen LogP contribution in [-0.2, 0) is 9.53 Å². The lowest BCUT2D eigenvalue weighted by molar-refractivity contribution is -0.120. The van der Waals surface area contributed by atoms with E-state index < -0.39 is 0 Å². The van der Waals surface area contributed by atoms with Crippen molar-refractivity contribution < 1.29 is 14.3 Å². The SMILES string of the molecule is CCOC(=O)N1CC(=O)C2(CC2)C1. The highest BCUT2D eigenvalue weighted by atomic mass is 16.6. The van der Waals surface area contributed by atoms with Gasteiger partial charge < -0.3 is 4.74 Å². The van der Waals surface area contributed by atoms with Crippen LogP contribution in [0.5, 0.6) is 0 Å². The summed E-state index contributed by atoms with van der Waals surface area (Å²) in [6, 6.07) is 0. The molecular formula is C9H13NO3. The predicted molar refractivity (Wildman–Crippen MR) is 45.3 cm³/mol. The molecule has 2 rings (SSSR count). The summed E-state index contributed by atoms with van der Waals surface area (Å²) in [5, 5.41) is 0. The molecule has 1 aliphatic heterocycles. The quantitative estimate of drug-likeness (QED) is 0.604. The van der Waals surface area contributed by atoms with Crippen molar-refractivity contribution in [2.75, 3.05) is 19.7 Å². The summed E-state index contributed by atoms with van der Waals surface area (Å²) in [4.78, 5) is 24.2. The molecule has 1 aliphatic carbocycles. The molecule has 72 valence electrons. The van der Waals surface area contributed by atoms with Crippen LogP contribution < -0.4 is 0 Å². The summed E-state index contributed by atoms with van der Waals surface area (Å²) in [6.45, 7) is 2.96. The third-order valence-corrected chi connectivity index (χ3v) is 2.80. The minimum absolute atomic E-state index is 0.160. The van der Waals surface area contributed by atoms with E-state index >= 15 is 0 Å². The largest absolute Gasteiger partial charge is 0.450 e. The first-order valence-corrected chi connectivity index (χ1v) is 4.63. The van der Waals surface area contributed by atoms with Crippen LogP contribution in [-0.4, -0.2) is 36.5 Å². The smallest absolute Gasteiger partial charge is 0.410 e. The van der Waals surface area contributed by atoms with Gasteiger partial charge in [-0.25, -0.2) is 4.79 Å². The summed E-state index contributed by atoms with van der Waals surface area (Å²) in [5.41, 5.74) is -0.160. The van der Waals surface area contributed by atoms with Gasteiger partial charge in [0.05, 0.1) is 13.2 Å². The normalized spacial score (nSPS) is 23.8. The number of rotatable bonds is 1. The van der Waals surface area contributed by atoms with Gasteiger partial charge in [-0.2, -0.15) is 0 Å². The van der Waals surface area contributed by atoms with Gasteiger partial charge in [-0.1, -0.05) is 0 Å². The maximum absolute atomic E-state index is 11.4. The zero-order valence-electron chi connectivity index (χ0n) is 7.71. The van der Waals surface area contributed by atoms with Crippen LogP contribution in [0.4, 0.5) is 4.79 Å². The molecule has 0 bridgehead atoms. The second-order valence-corrected chi connectivity index (χ2v) is 3.76. The average Bonchev–Trinajstić information content (AvgIpc) is 2.77. The van der Waals surface area contributed by atoms with E-state index in [9.17, 15) is 9.59 Å². The molecule has 1 amide bonds. The highest BCUT2D eigenvalue weighted by Crippen LogP contribution is 2.50. The average molecular weight is 183 g/mol. The topological polar surface area (TPSA) is 46.6 Å². The van der Waals surface area contributed by atoms with Crippen molar-refractivity contribution in [2.45, 2.75) is 19.8 Å². The standard InChI is InChI=1S/C9H13NO3/c1-2-13-8(12)10-5-7(11)9(6-10)3-4-9/h2-6H2,1H3. The highest BCUT2D eigenvalue weighted by Gasteiger charge is 2.56. The van der Waals surface area contributed by atoms with Crippen molar-refractivity contribution in [3.8, 4) is 0 Å². The highest BCUT2D eigenvalue weighted by molar-refractivity contribution is 5.94. The van der Waals surface area contributed by atoms with Crippen LogP contribution in [0.1, 0.15) is 19.8 Å². The minimum atomic E-state index is -0.348. The van der Waals surface area contributed by atoms with Crippen LogP contribution in [0.15, 0.2) is 0 Å². The number of Topliss-reactive ketones (excluding diaryl/α,β-unsaturated/α-hetero) is 1. The van der Waals surface area contributed by atoms with Gasteiger partial charge in [0.25, 0.3) is 0 Å². The second-order valence-electron chi connectivity index (χ2n) is 3.76. The molecule has 0 N–H and O–H groups in total. The van der Waals surface area contributed by atoms with Crippen LogP contribution in [0.2, 0.25) is 0 Å². The maximum Gasteiger partial charge on any atom is 0.410 e. The van der Waals surface area contributed by atoms with Gasteiger partial charge >= 0.3 is 6.09 Å². The van der Waals surface area contributed by atoms with E-state index in [1.165, 1.54) is 4.90 Å². The summed E-state index contributed by atoms with van der Waals surface area (Å²) in [6.07, 6.45) is 1.54. The minimum Gasteiger partial charge on any atom is -0.450 e. The van der Waals surface area contributed by atoms with Crippen molar-refractivity contribution in [1.82, 2.24) is 4.90 Å². The molecule has 1 saturated carbocycles. The monoisotopic (exact) mass is 183 g/mol. The number of ether oxygens (including phenoxy) is 1. The fraction of sp³-hybridized carbons (Fsp3) is 0.778. The Labute approximate surface area is 76.8 Å². The Morgan fingerprint density at radius 1 is 1.62 bits per heavy atom. The molecule has 1 spiro atoms. The number of hydrogen-bond donors (Lipinski definition) is 0. The molecule has 0 aromatic heterocycles. The maximum atomic E-state index is 11.4. The second kappa shape index (κ2) is 2.72. The van der Waals surface area contributed by atoms with Crippen molar-refractivity contribution in [3.63, 3.8) is 0 Å². The number of amides is 1. The summed E-state index contributed by atoms with van der Waals surface area (Å²) in [5.74, 6) is 0.209. The Balaban J connectivity index is 1.97.